The number of hydrogen-bond acceptors (Lipinski definition) is 8. The van der Waals surface area contributed by atoms with Gasteiger partial charge in [0.05, 0.1) is 31.9 Å². The smallest absolute Gasteiger partial charge is 0.344 e. The quantitative estimate of drug-likeness (QED) is 0.272. The van der Waals surface area contributed by atoms with Crippen molar-refractivity contribution < 1.29 is 29.3 Å². The van der Waals surface area contributed by atoms with Crippen LogP contribution in [0, 0.1) is 11.8 Å². The highest BCUT2D eigenvalue weighted by Crippen LogP contribution is 2.46. The van der Waals surface area contributed by atoms with Gasteiger partial charge in [-0.05, 0) is 85.8 Å². The average molecular weight is 638 g/mol. The first-order valence-corrected chi connectivity index (χ1v) is 16.1. The SMILES string of the molecule is C=CCCN(C)C(=O)C[C@](O)(C(=O)OC)c1ccc2c(n1)N(C[C@@H]1CC[C@H]1[C@@H](O)C=C)CC1(CCCc3cc(Cl)ccc31)CO2. The van der Waals surface area contributed by atoms with Gasteiger partial charge in [-0.3, -0.25) is 4.79 Å². The van der Waals surface area contributed by atoms with Crippen LogP contribution in [0.25, 0.3) is 0 Å². The molecule has 1 aromatic heterocycles. The highest BCUT2D eigenvalue weighted by molar-refractivity contribution is 6.30. The van der Waals surface area contributed by atoms with Crippen LogP contribution in [-0.4, -0.2) is 78.5 Å². The van der Waals surface area contributed by atoms with E-state index in [4.69, 9.17) is 26.1 Å². The molecule has 2 heterocycles. The first-order valence-electron chi connectivity index (χ1n) is 15.7. The lowest BCUT2D eigenvalue weighted by Gasteiger charge is -2.45. The summed E-state index contributed by atoms with van der Waals surface area (Å²) >= 11 is 6.39. The molecule has 1 aliphatic heterocycles. The Kier molecular flexibility index (Phi) is 9.91. The Morgan fingerprint density at radius 2 is 2.11 bits per heavy atom. The van der Waals surface area contributed by atoms with Crippen molar-refractivity contribution in [3.8, 4) is 5.75 Å². The highest BCUT2D eigenvalue weighted by atomic mass is 35.5. The number of aromatic nitrogens is 1. The molecule has 1 aromatic carbocycles. The molecule has 1 amide bonds. The predicted molar refractivity (Wildman–Crippen MR) is 173 cm³/mol. The maximum Gasteiger partial charge on any atom is 0.344 e. The van der Waals surface area contributed by atoms with Crippen LogP contribution in [0.2, 0.25) is 5.02 Å². The third kappa shape index (κ3) is 6.48. The van der Waals surface area contributed by atoms with Crippen LogP contribution in [0.1, 0.15) is 55.3 Å². The summed E-state index contributed by atoms with van der Waals surface area (Å²) in [5.41, 5.74) is -0.246. The zero-order valence-corrected chi connectivity index (χ0v) is 27.0. The molecule has 5 atom stereocenters. The standard InChI is InChI=1S/C35H44ClN3O6/c1-5-7-17-38(3)31(41)19-35(43,33(42)44-4)30-15-14-29-32(37-30)39(20-24-10-12-26(24)28(40)6-2)21-34(22-45-29)16-8-9-23-18-25(36)11-13-27(23)34/h5-6,11,13-15,18,24,26,28,40,43H,1-2,7-10,12,16-17,19-22H2,3-4H3/t24-,26+,28-,34?,35+/m0/s1. The molecule has 2 aliphatic carbocycles. The Hall–Kier alpha value is -3.40. The third-order valence-corrected chi connectivity index (χ3v) is 10.2. The van der Waals surface area contributed by atoms with Gasteiger partial charge in [0.1, 0.15) is 0 Å². The van der Waals surface area contributed by atoms with Crippen LogP contribution < -0.4 is 9.64 Å². The number of pyridine rings is 1. The van der Waals surface area contributed by atoms with E-state index in [0.29, 0.717) is 49.3 Å². The number of carbonyl (C=O) groups excluding carboxylic acids is 2. The number of anilines is 1. The number of amides is 1. The Morgan fingerprint density at radius 3 is 2.80 bits per heavy atom. The molecular weight excluding hydrogens is 594 g/mol. The van der Waals surface area contributed by atoms with Crippen LogP contribution in [-0.2, 0) is 31.8 Å². The molecule has 5 rings (SSSR count). The van der Waals surface area contributed by atoms with Gasteiger partial charge in [0, 0.05) is 37.1 Å². The van der Waals surface area contributed by atoms with Crippen molar-refractivity contribution in [1.82, 2.24) is 9.88 Å². The number of methoxy groups -OCH3 is 1. The van der Waals surface area contributed by atoms with Crippen molar-refractivity contribution in [1.29, 1.82) is 0 Å². The molecule has 1 fully saturated rings. The Bertz CT molecular complexity index is 1450. The molecule has 242 valence electrons. The highest BCUT2D eigenvalue weighted by Gasteiger charge is 2.47. The fourth-order valence-corrected chi connectivity index (χ4v) is 7.33. The lowest BCUT2D eigenvalue weighted by molar-refractivity contribution is -0.168. The van der Waals surface area contributed by atoms with Crippen LogP contribution in [0.15, 0.2) is 55.6 Å². The molecule has 9 nitrogen and oxygen atoms in total. The first kappa shape index (κ1) is 33.0. The van der Waals surface area contributed by atoms with Gasteiger partial charge in [0.15, 0.2) is 11.6 Å². The average Bonchev–Trinajstić information content (AvgIpc) is 3.17. The van der Waals surface area contributed by atoms with Gasteiger partial charge in [-0.15, -0.1) is 13.2 Å². The number of hydrogen-bond donors (Lipinski definition) is 2. The van der Waals surface area contributed by atoms with E-state index in [1.807, 2.05) is 12.1 Å². The largest absolute Gasteiger partial charge is 0.489 e. The third-order valence-electron chi connectivity index (χ3n) is 9.94. The number of aliphatic hydroxyl groups is 2. The fraction of sp³-hybridized carbons (Fsp3) is 0.514. The number of aliphatic hydroxyl groups excluding tert-OH is 1. The van der Waals surface area contributed by atoms with Crippen LogP contribution >= 0.6 is 11.6 Å². The van der Waals surface area contributed by atoms with Gasteiger partial charge in [0.25, 0.3) is 0 Å². The number of fused-ring (bicyclic) bond motifs is 3. The van der Waals surface area contributed by atoms with E-state index in [2.05, 4.69) is 24.1 Å². The van der Waals surface area contributed by atoms with Crippen molar-refractivity contribution >= 4 is 29.3 Å². The minimum atomic E-state index is -2.31. The zero-order valence-electron chi connectivity index (χ0n) is 26.2. The lowest BCUT2D eigenvalue weighted by atomic mass is 9.68. The number of halogens is 1. The summed E-state index contributed by atoms with van der Waals surface area (Å²) in [5, 5.41) is 23.2. The molecule has 2 aromatic rings. The topological polar surface area (TPSA) is 112 Å². The number of aryl methyl sites for hydroxylation is 1. The van der Waals surface area contributed by atoms with Crippen molar-refractivity contribution in [2.75, 3.05) is 45.3 Å². The van der Waals surface area contributed by atoms with E-state index >= 15 is 0 Å². The van der Waals surface area contributed by atoms with Crippen molar-refractivity contribution in [3.63, 3.8) is 0 Å². The van der Waals surface area contributed by atoms with Crippen LogP contribution in [0.4, 0.5) is 5.82 Å². The molecule has 0 bridgehead atoms. The molecule has 10 heteroatoms. The van der Waals surface area contributed by atoms with E-state index in [9.17, 15) is 19.8 Å². The van der Waals surface area contributed by atoms with Gasteiger partial charge in [0.2, 0.25) is 11.5 Å². The molecule has 1 spiro atoms. The summed E-state index contributed by atoms with van der Waals surface area (Å²) in [4.78, 5) is 34.8. The summed E-state index contributed by atoms with van der Waals surface area (Å²) in [7, 11) is 2.79. The van der Waals surface area contributed by atoms with Gasteiger partial charge in [-0.1, -0.05) is 29.8 Å². The Balaban J connectivity index is 1.55. The van der Waals surface area contributed by atoms with E-state index in [1.54, 1.807) is 25.3 Å². The second-order valence-corrected chi connectivity index (χ2v) is 13.2. The van der Waals surface area contributed by atoms with Crippen LogP contribution in [0.3, 0.4) is 0 Å². The maximum atomic E-state index is 13.1. The molecule has 2 N–H and O–H groups in total. The number of benzene rings is 1. The summed E-state index contributed by atoms with van der Waals surface area (Å²) in [6.45, 7) is 9.48. The van der Waals surface area contributed by atoms with E-state index < -0.39 is 30.0 Å². The van der Waals surface area contributed by atoms with Crippen molar-refractivity contribution in [2.24, 2.45) is 11.8 Å². The van der Waals surface area contributed by atoms with E-state index in [0.717, 1.165) is 32.1 Å². The van der Waals surface area contributed by atoms with E-state index in [1.165, 1.54) is 29.2 Å². The molecule has 1 unspecified atom stereocenters. The Morgan fingerprint density at radius 1 is 1.31 bits per heavy atom. The zero-order chi connectivity index (χ0) is 32.4. The minimum Gasteiger partial charge on any atom is -0.489 e. The number of carbonyl (C=O) groups is 2. The number of ether oxygens (including phenoxy) is 2. The monoisotopic (exact) mass is 637 g/mol. The van der Waals surface area contributed by atoms with Gasteiger partial charge in [-0.2, -0.15) is 0 Å². The van der Waals surface area contributed by atoms with Crippen molar-refractivity contribution in [3.05, 3.63) is 77.5 Å². The number of nitrogens with zero attached hydrogens (tertiary/aromatic N) is 3. The molecule has 3 aliphatic rings. The first-order chi connectivity index (χ1) is 21.5. The van der Waals surface area contributed by atoms with Gasteiger partial charge >= 0.3 is 5.97 Å². The second-order valence-electron chi connectivity index (χ2n) is 12.8. The summed E-state index contributed by atoms with van der Waals surface area (Å²) < 4.78 is 11.5. The van der Waals surface area contributed by atoms with E-state index in [-0.39, 0.29) is 22.9 Å². The Labute approximate surface area is 270 Å². The molecule has 1 saturated carbocycles. The van der Waals surface area contributed by atoms with Crippen molar-refractivity contribution in [2.45, 2.75) is 62.1 Å². The summed E-state index contributed by atoms with van der Waals surface area (Å²) in [6, 6.07) is 9.31. The number of esters is 1. The molecule has 0 radical (unpaired) electrons. The lowest BCUT2D eigenvalue weighted by Crippen LogP contribution is -2.49. The fourth-order valence-electron chi connectivity index (χ4n) is 7.14. The summed E-state index contributed by atoms with van der Waals surface area (Å²) in [5.74, 6) is -0.134. The van der Waals surface area contributed by atoms with Crippen LogP contribution in [0.5, 0.6) is 5.75 Å². The predicted octanol–water partition coefficient (Wildman–Crippen LogP) is 4.57. The summed E-state index contributed by atoms with van der Waals surface area (Å²) in [6.07, 6.45) is 7.38. The normalized spacial score (nSPS) is 24.1. The van der Waals surface area contributed by atoms with Gasteiger partial charge in [-0.25, -0.2) is 9.78 Å². The molecule has 45 heavy (non-hydrogen) atoms. The second kappa shape index (κ2) is 13.5. The maximum absolute atomic E-state index is 13.1. The number of rotatable bonds is 11. The minimum absolute atomic E-state index is 0.00947. The van der Waals surface area contributed by atoms with Gasteiger partial charge < -0.3 is 29.5 Å². The molecular formula is C35H44ClN3O6. The molecule has 0 saturated heterocycles.